The van der Waals surface area contributed by atoms with E-state index in [2.05, 4.69) is 11.6 Å². The van der Waals surface area contributed by atoms with Crippen LogP contribution in [0.5, 0.6) is 5.75 Å². The van der Waals surface area contributed by atoms with E-state index in [-0.39, 0.29) is 67.6 Å². The van der Waals surface area contributed by atoms with Crippen molar-refractivity contribution in [1.82, 2.24) is 29.5 Å². The zero-order chi connectivity index (χ0) is 36.0. The lowest BCUT2D eigenvalue weighted by Gasteiger charge is -2.33. The SMILES string of the molecule is C=CC(=O)N1CCn2nc(-c3nc(-c4cnc5c(c4)CN(CCO)CC5(F)F)c4ccsc4c3-c3c(F)cc(F)cc3OCCOC)cc2C1C. The molecule has 0 saturated heterocycles. The van der Waals surface area contributed by atoms with Crippen molar-refractivity contribution in [2.45, 2.75) is 32.0 Å². The summed E-state index contributed by atoms with van der Waals surface area (Å²) in [6.07, 6.45) is 2.61. The molecular formula is C36H34F4N6O4S. The number of nitrogens with zero attached hydrogens (tertiary/aromatic N) is 6. The maximum Gasteiger partial charge on any atom is 0.302 e. The van der Waals surface area contributed by atoms with E-state index in [0.717, 1.165) is 12.1 Å². The Bertz CT molecular complexity index is 2150. The quantitative estimate of drug-likeness (QED) is 0.104. The number of thiophene rings is 1. The molecule has 0 fully saturated rings. The number of methoxy groups -OCH3 is 1. The number of ether oxygens (including phenoxy) is 2. The third-order valence-corrected chi connectivity index (χ3v) is 10.1. The number of carbonyl (C=O) groups excluding carboxylic acids is 1. The van der Waals surface area contributed by atoms with Crippen molar-refractivity contribution >= 4 is 27.3 Å². The van der Waals surface area contributed by atoms with E-state index in [1.54, 1.807) is 33.2 Å². The molecule has 1 amide bonds. The van der Waals surface area contributed by atoms with Gasteiger partial charge in [-0.1, -0.05) is 6.58 Å². The van der Waals surface area contributed by atoms with Gasteiger partial charge in [-0.3, -0.25) is 19.4 Å². The Labute approximate surface area is 294 Å². The van der Waals surface area contributed by atoms with Crippen LogP contribution in [0.1, 0.15) is 29.9 Å². The summed E-state index contributed by atoms with van der Waals surface area (Å²) in [5.74, 6) is -5.23. The zero-order valence-electron chi connectivity index (χ0n) is 27.8. The van der Waals surface area contributed by atoms with Crippen molar-refractivity contribution in [1.29, 1.82) is 0 Å². The van der Waals surface area contributed by atoms with Gasteiger partial charge in [0.2, 0.25) is 5.91 Å². The summed E-state index contributed by atoms with van der Waals surface area (Å²) in [5.41, 5.74) is 2.39. The molecule has 0 spiro atoms. The van der Waals surface area contributed by atoms with Crippen LogP contribution in [0, 0.1) is 11.6 Å². The van der Waals surface area contributed by atoms with E-state index in [9.17, 15) is 14.3 Å². The highest BCUT2D eigenvalue weighted by molar-refractivity contribution is 7.18. The molecule has 1 aromatic carbocycles. The number of fused-ring (bicyclic) bond motifs is 3. The highest BCUT2D eigenvalue weighted by Gasteiger charge is 2.42. The monoisotopic (exact) mass is 722 g/mol. The largest absolute Gasteiger partial charge is 0.490 e. The molecule has 1 atom stereocenters. The molecule has 0 bridgehead atoms. The second-order valence-electron chi connectivity index (χ2n) is 12.4. The van der Waals surface area contributed by atoms with Gasteiger partial charge in [-0.05, 0) is 42.1 Å². The number of alkyl halides is 2. The molecule has 2 aliphatic heterocycles. The van der Waals surface area contributed by atoms with Crippen molar-refractivity contribution in [3.63, 3.8) is 0 Å². The zero-order valence-corrected chi connectivity index (χ0v) is 28.7. The number of carbonyl (C=O) groups is 1. The smallest absolute Gasteiger partial charge is 0.302 e. The van der Waals surface area contributed by atoms with Gasteiger partial charge in [0.15, 0.2) is 0 Å². The van der Waals surface area contributed by atoms with Crippen molar-refractivity contribution in [2.75, 3.05) is 46.6 Å². The van der Waals surface area contributed by atoms with Gasteiger partial charge >= 0.3 is 5.92 Å². The number of aliphatic hydroxyl groups is 1. The number of amides is 1. The fourth-order valence-electron chi connectivity index (χ4n) is 6.88. The van der Waals surface area contributed by atoms with Crippen molar-refractivity contribution in [3.8, 4) is 39.5 Å². The molecule has 2 aliphatic rings. The van der Waals surface area contributed by atoms with Crippen LogP contribution in [0.25, 0.3) is 43.9 Å². The maximum atomic E-state index is 16.1. The Morgan fingerprint density at radius 2 is 1.98 bits per heavy atom. The second-order valence-corrected chi connectivity index (χ2v) is 13.3. The van der Waals surface area contributed by atoms with Gasteiger partial charge in [0.1, 0.15) is 41.1 Å². The van der Waals surface area contributed by atoms with Crippen LogP contribution in [0.4, 0.5) is 17.6 Å². The van der Waals surface area contributed by atoms with Crippen LogP contribution in [-0.2, 0) is 28.5 Å². The lowest BCUT2D eigenvalue weighted by Crippen LogP contribution is -2.42. The first-order chi connectivity index (χ1) is 24.5. The number of β-amino-alcohol motifs (C(OH)–C–C–N with tert-alkyl or cyclic N) is 1. The topological polar surface area (TPSA) is 106 Å². The molecule has 6 heterocycles. The van der Waals surface area contributed by atoms with E-state index < -0.39 is 24.1 Å². The molecule has 7 rings (SSSR count). The van der Waals surface area contributed by atoms with Crippen LogP contribution in [0.15, 0.2) is 54.6 Å². The molecule has 51 heavy (non-hydrogen) atoms. The summed E-state index contributed by atoms with van der Waals surface area (Å²) in [6.45, 7) is 5.83. The van der Waals surface area contributed by atoms with Crippen LogP contribution >= 0.6 is 11.3 Å². The Morgan fingerprint density at radius 3 is 2.75 bits per heavy atom. The lowest BCUT2D eigenvalue weighted by molar-refractivity contribution is -0.129. The minimum Gasteiger partial charge on any atom is -0.490 e. The third-order valence-electron chi connectivity index (χ3n) is 9.20. The number of hydrogen-bond donors (Lipinski definition) is 1. The highest BCUT2D eigenvalue weighted by Crippen LogP contribution is 2.48. The first-order valence-electron chi connectivity index (χ1n) is 16.3. The molecule has 0 radical (unpaired) electrons. The minimum absolute atomic E-state index is 0.0169. The number of benzene rings is 1. The fraction of sp³-hybridized carbons (Fsp3) is 0.333. The molecule has 4 aromatic heterocycles. The highest BCUT2D eigenvalue weighted by atomic mass is 32.1. The lowest BCUT2D eigenvalue weighted by atomic mass is 9.95. The third kappa shape index (κ3) is 6.28. The number of rotatable bonds is 10. The molecule has 0 saturated carbocycles. The summed E-state index contributed by atoms with van der Waals surface area (Å²) in [5, 5.41) is 16.7. The number of aliphatic hydroxyl groups excluding tert-OH is 1. The van der Waals surface area contributed by atoms with Gasteiger partial charge in [-0.25, -0.2) is 13.8 Å². The molecule has 15 heteroatoms. The number of hydrogen-bond acceptors (Lipinski definition) is 9. The summed E-state index contributed by atoms with van der Waals surface area (Å²) in [4.78, 5) is 25.1. The number of halogens is 4. The normalized spacial score (nSPS) is 17.0. The first kappa shape index (κ1) is 34.7. The second kappa shape index (κ2) is 13.8. The summed E-state index contributed by atoms with van der Waals surface area (Å²) in [6, 6.07) is 6.72. The van der Waals surface area contributed by atoms with E-state index in [0.29, 0.717) is 56.9 Å². The fourth-order valence-corrected chi connectivity index (χ4v) is 7.83. The van der Waals surface area contributed by atoms with Gasteiger partial charge in [-0.2, -0.15) is 13.9 Å². The summed E-state index contributed by atoms with van der Waals surface area (Å²) in [7, 11) is 1.48. The molecular weight excluding hydrogens is 688 g/mol. The average Bonchev–Trinajstić information content (AvgIpc) is 3.76. The standard InChI is InChI=1S/C36H34F4N6O4S/c1-4-29(48)45-6-7-46-27(20(45)2)16-26(43-46)33-31(30-25(38)14-23(37)15-28(30)50-11-10-49-3)34-24(5-12-51-34)32(42-33)21-13-22-18-44(8-9-47)19-36(39,40)35(22)41-17-21/h4-5,12-17,20,47H,1,6-11,18-19H2,2-3H3. The maximum absolute atomic E-state index is 16.1. The molecule has 5 aromatic rings. The summed E-state index contributed by atoms with van der Waals surface area (Å²) >= 11 is 1.30. The Kier molecular flexibility index (Phi) is 9.39. The number of pyridine rings is 2. The van der Waals surface area contributed by atoms with E-state index in [1.807, 2.05) is 6.92 Å². The number of aromatic nitrogens is 4. The van der Waals surface area contributed by atoms with Crippen LogP contribution in [0.2, 0.25) is 0 Å². The van der Waals surface area contributed by atoms with Crippen molar-refractivity contribution in [3.05, 3.63) is 83.1 Å². The molecule has 10 nitrogen and oxygen atoms in total. The average molecular weight is 723 g/mol. The Hall–Kier alpha value is -4.70. The van der Waals surface area contributed by atoms with Crippen LogP contribution in [0.3, 0.4) is 0 Å². The van der Waals surface area contributed by atoms with Crippen LogP contribution < -0.4 is 4.74 Å². The molecule has 1 unspecified atom stereocenters. The van der Waals surface area contributed by atoms with Crippen molar-refractivity contribution < 1.29 is 36.9 Å². The Balaban J connectivity index is 1.47. The molecule has 0 aliphatic carbocycles. The Morgan fingerprint density at radius 1 is 1.16 bits per heavy atom. The van der Waals surface area contributed by atoms with Crippen molar-refractivity contribution in [2.24, 2.45) is 0 Å². The van der Waals surface area contributed by atoms with Gasteiger partial charge < -0.3 is 19.5 Å². The predicted molar refractivity (Wildman–Crippen MR) is 183 cm³/mol. The van der Waals surface area contributed by atoms with E-state index in [4.69, 9.17) is 19.6 Å². The first-order valence-corrected chi connectivity index (χ1v) is 17.2. The van der Waals surface area contributed by atoms with Gasteiger partial charge in [0.05, 0.1) is 49.3 Å². The van der Waals surface area contributed by atoms with E-state index in [1.165, 1.54) is 35.6 Å². The molecule has 266 valence electrons. The predicted octanol–water partition coefficient (Wildman–Crippen LogP) is 6.18. The molecule has 1 N–H and O–H groups in total. The summed E-state index contributed by atoms with van der Waals surface area (Å²) < 4.78 is 74.5. The van der Waals surface area contributed by atoms with Gasteiger partial charge in [0, 0.05) is 66.3 Å². The minimum atomic E-state index is -3.23. The van der Waals surface area contributed by atoms with Gasteiger partial charge in [-0.15, -0.1) is 11.3 Å². The van der Waals surface area contributed by atoms with Gasteiger partial charge in [0.25, 0.3) is 0 Å². The van der Waals surface area contributed by atoms with E-state index >= 15 is 13.2 Å². The van der Waals surface area contributed by atoms with Crippen LogP contribution in [-0.4, -0.2) is 87.1 Å².